The van der Waals surface area contributed by atoms with Crippen molar-refractivity contribution in [2.75, 3.05) is 13.7 Å². The van der Waals surface area contributed by atoms with Gasteiger partial charge < -0.3 is 35.2 Å². The summed E-state index contributed by atoms with van der Waals surface area (Å²) in [4.78, 5) is 74.9. The molecule has 1 spiro atoms. The van der Waals surface area contributed by atoms with E-state index in [9.17, 15) is 24.0 Å². The predicted molar refractivity (Wildman–Crippen MR) is 183 cm³/mol. The molecule has 1 aliphatic carbocycles. The lowest BCUT2D eigenvalue weighted by Gasteiger charge is -2.36. The summed E-state index contributed by atoms with van der Waals surface area (Å²) >= 11 is 0. The second-order valence-electron chi connectivity index (χ2n) is 15.7. The Bertz CT molecular complexity index is 1480. The molecule has 1 saturated heterocycles. The van der Waals surface area contributed by atoms with Crippen molar-refractivity contribution in [3.63, 3.8) is 0 Å². The molecule has 0 radical (unpaired) electrons. The van der Waals surface area contributed by atoms with Gasteiger partial charge >= 0.3 is 6.09 Å². The zero-order valence-corrected chi connectivity index (χ0v) is 30.6. The standard InChI is InChI=1S/C36H53N5O8/c1-11-12-24(27(42)31(44)37-23-13-14-23)38-30(43)26-18-36(17-25(40-49-36)22-15-20(2)28(47-10)21(3)16-22)19-41(26)32(45)29(34(4,5)6)39-33(46)48-35(7,8)9/h15-16,23-24,26,29H,11-14,17-19H2,1-10H3,(H,37,44)(H,38,43)(H,39,46)/t24-,26-,29+,36+/m0/s1. The Morgan fingerprint density at radius 3 is 2.20 bits per heavy atom. The number of hydrogen-bond donors (Lipinski definition) is 3. The van der Waals surface area contributed by atoms with Crippen molar-refractivity contribution in [2.45, 2.75) is 136 Å². The lowest BCUT2D eigenvalue weighted by Crippen LogP contribution is -2.59. The summed E-state index contributed by atoms with van der Waals surface area (Å²) < 4.78 is 11.0. The van der Waals surface area contributed by atoms with Gasteiger partial charge in [-0.25, -0.2) is 4.79 Å². The summed E-state index contributed by atoms with van der Waals surface area (Å²) in [7, 11) is 1.62. The number of amides is 4. The Labute approximate surface area is 289 Å². The Morgan fingerprint density at radius 1 is 1.04 bits per heavy atom. The number of methoxy groups -OCH3 is 1. The summed E-state index contributed by atoms with van der Waals surface area (Å²) in [6, 6.07) is 0.691. The molecule has 2 heterocycles. The van der Waals surface area contributed by atoms with Gasteiger partial charge in [0.15, 0.2) is 5.60 Å². The van der Waals surface area contributed by atoms with Crippen molar-refractivity contribution in [1.29, 1.82) is 0 Å². The molecule has 2 aliphatic heterocycles. The van der Waals surface area contributed by atoms with Crippen molar-refractivity contribution in [1.82, 2.24) is 20.9 Å². The zero-order valence-electron chi connectivity index (χ0n) is 30.6. The van der Waals surface area contributed by atoms with Gasteiger partial charge in [0.2, 0.25) is 17.6 Å². The summed E-state index contributed by atoms with van der Waals surface area (Å²) in [6.07, 6.45) is 2.05. The topological polar surface area (TPSA) is 165 Å². The third-order valence-corrected chi connectivity index (χ3v) is 8.94. The Kier molecular flexibility index (Phi) is 11.0. The minimum Gasteiger partial charge on any atom is -0.496 e. The molecule has 3 aliphatic rings. The maximum Gasteiger partial charge on any atom is 0.408 e. The number of hydrogen-bond acceptors (Lipinski definition) is 9. The molecule has 13 heteroatoms. The zero-order chi connectivity index (χ0) is 36.5. The van der Waals surface area contributed by atoms with E-state index in [4.69, 9.17) is 14.3 Å². The fourth-order valence-corrected chi connectivity index (χ4v) is 6.43. The molecule has 4 atom stereocenters. The SMILES string of the molecule is CCC[C@H](NC(=O)[C@@H]1C[C@]2(CC(c3cc(C)c(OC)c(C)c3)=NO2)CN1C(=O)[C@@H](NC(=O)OC(C)(C)C)C(C)(C)C)C(=O)C(=O)NC1CC1. The Morgan fingerprint density at radius 2 is 1.67 bits per heavy atom. The number of oxime groups is 1. The maximum atomic E-state index is 14.5. The van der Waals surface area contributed by atoms with E-state index in [1.165, 1.54) is 4.90 Å². The van der Waals surface area contributed by atoms with Crippen molar-refractivity contribution in [2.24, 2.45) is 10.6 Å². The van der Waals surface area contributed by atoms with Crippen LogP contribution in [0.15, 0.2) is 17.3 Å². The molecule has 1 aromatic rings. The van der Waals surface area contributed by atoms with Crippen LogP contribution in [0.2, 0.25) is 0 Å². The number of carbonyl (C=O) groups is 5. The highest BCUT2D eigenvalue weighted by Gasteiger charge is 2.56. The van der Waals surface area contributed by atoms with Gasteiger partial charge in [-0.05, 0) is 82.6 Å². The first kappa shape index (κ1) is 37.7. The third kappa shape index (κ3) is 9.10. The van der Waals surface area contributed by atoms with Gasteiger partial charge in [-0.3, -0.25) is 19.2 Å². The second kappa shape index (κ2) is 14.4. The van der Waals surface area contributed by atoms with E-state index in [1.807, 2.05) is 53.7 Å². The minimum atomic E-state index is -1.08. The third-order valence-electron chi connectivity index (χ3n) is 8.94. The number of nitrogens with one attached hydrogen (secondary N) is 3. The van der Waals surface area contributed by atoms with Gasteiger partial charge in [0, 0.05) is 24.4 Å². The van der Waals surface area contributed by atoms with Crippen LogP contribution in [0.4, 0.5) is 4.79 Å². The number of nitrogens with zero attached hydrogens (tertiary/aromatic N) is 2. The number of likely N-dealkylation sites (tertiary alicyclic amines) is 1. The number of ether oxygens (including phenoxy) is 2. The van der Waals surface area contributed by atoms with Crippen molar-refractivity contribution < 1.29 is 38.3 Å². The fraction of sp³-hybridized carbons (Fsp3) is 0.667. The van der Waals surface area contributed by atoms with E-state index in [2.05, 4.69) is 21.1 Å². The number of ketones is 1. The molecule has 49 heavy (non-hydrogen) atoms. The van der Waals surface area contributed by atoms with E-state index >= 15 is 0 Å². The highest BCUT2D eigenvalue weighted by atomic mass is 16.7. The van der Waals surface area contributed by atoms with E-state index in [1.54, 1.807) is 27.9 Å². The quantitative estimate of drug-likeness (QED) is 0.296. The molecule has 0 bridgehead atoms. The van der Waals surface area contributed by atoms with Crippen molar-refractivity contribution in [3.8, 4) is 5.75 Å². The van der Waals surface area contributed by atoms with E-state index in [0.717, 1.165) is 35.3 Å². The molecule has 13 nitrogen and oxygen atoms in total. The highest BCUT2D eigenvalue weighted by Crippen LogP contribution is 2.41. The normalized spacial score (nSPS) is 21.7. The van der Waals surface area contributed by atoms with Crippen LogP contribution >= 0.6 is 0 Å². The van der Waals surface area contributed by atoms with Gasteiger partial charge in [-0.15, -0.1) is 0 Å². The first-order valence-electron chi connectivity index (χ1n) is 17.1. The van der Waals surface area contributed by atoms with Gasteiger partial charge in [-0.2, -0.15) is 0 Å². The molecule has 2 fully saturated rings. The number of aryl methyl sites for hydroxylation is 2. The summed E-state index contributed by atoms with van der Waals surface area (Å²) in [6.45, 7) is 16.4. The molecular weight excluding hydrogens is 630 g/mol. The average Bonchev–Trinajstić information content (AvgIpc) is 3.58. The van der Waals surface area contributed by atoms with E-state index in [-0.39, 0.29) is 25.4 Å². The van der Waals surface area contributed by atoms with Crippen LogP contribution < -0.4 is 20.7 Å². The lowest BCUT2D eigenvalue weighted by molar-refractivity contribution is -0.144. The molecule has 3 N–H and O–H groups in total. The second-order valence-corrected chi connectivity index (χ2v) is 15.7. The predicted octanol–water partition coefficient (Wildman–Crippen LogP) is 3.85. The van der Waals surface area contributed by atoms with E-state index in [0.29, 0.717) is 18.6 Å². The van der Waals surface area contributed by atoms with Crippen LogP contribution in [0.5, 0.6) is 5.75 Å². The summed E-state index contributed by atoms with van der Waals surface area (Å²) in [5.74, 6) is -1.77. The highest BCUT2D eigenvalue weighted by molar-refractivity contribution is 6.38. The number of benzene rings is 1. The minimum absolute atomic E-state index is 0.00216. The number of rotatable bonds is 11. The Balaban J connectivity index is 1.64. The molecule has 270 valence electrons. The van der Waals surface area contributed by atoms with E-state index < -0.39 is 64.3 Å². The number of Topliss-reactive ketones (excluding diaryl/α,β-unsaturated/α-hetero) is 1. The molecule has 4 amide bonds. The van der Waals surface area contributed by atoms with Crippen LogP contribution in [0.1, 0.15) is 104 Å². The lowest BCUT2D eigenvalue weighted by atomic mass is 9.85. The Hall–Kier alpha value is -4.16. The van der Waals surface area contributed by atoms with Gasteiger partial charge in [0.1, 0.15) is 23.4 Å². The number of alkyl carbamates (subject to hydrolysis) is 1. The largest absolute Gasteiger partial charge is 0.496 e. The van der Waals surface area contributed by atoms with Gasteiger partial charge in [-0.1, -0.05) is 39.3 Å². The molecule has 0 aromatic heterocycles. The summed E-state index contributed by atoms with van der Waals surface area (Å²) in [5, 5.41) is 12.7. The van der Waals surface area contributed by atoms with Gasteiger partial charge in [0.05, 0.1) is 25.4 Å². The van der Waals surface area contributed by atoms with Crippen LogP contribution in [-0.2, 0) is 28.8 Å². The van der Waals surface area contributed by atoms with Crippen LogP contribution in [0.3, 0.4) is 0 Å². The molecule has 1 aromatic carbocycles. The number of carbonyl (C=O) groups excluding carboxylic acids is 5. The average molecular weight is 684 g/mol. The first-order valence-corrected chi connectivity index (χ1v) is 17.1. The van der Waals surface area contributed by atoms with Gasteiger partial charge in [0.25, 0.3) is 5.91 Å². The molecule has 4 rings (SSSR count). The molecular formula is C36H53N5O8. The van der Waals surface area contributed by atoms with Crippen molar-refractivity contribution in [3.05, 3.63) is 28.8 Å². The molecule has 0 unspecified atom stereocenters. The van der Waals surface area contributed by atoms with Crippen LogP contribution in [0.25, 0.3) is 0 Å². The first-order chi connectivity index (χ1) is 22.8. The maximum absolute atomic E-state index is 14.5. The smallest absolute Gasteiger partial charge is 0.408 e. The molecule has 1 saturated carbocycles. The summed E-state index contributed by atoms with van der Waals surface area (Å²) in [5.41, 5.74) is 0.747. The van der Waals surface area contributed by atoms with Crippen LogP contribution in [0, 0.1) is 19.3 Å². The fourth-order valence-electron chi connectivity index (χ4n) is 6.43. The monoisotopic (exact) mass is 683 g/mol. The van der Waals surface area contributed by atoms with Crippen molar-refractivity contribution >= 4 is 35.3 Å². The van der Waals surface area contributed by atoms with Crippen LogP contribution in [-0.4, -0.2) is 89.2 Å².